The standard InChI is InChI=1S/C12H14BrNO4S/c1-7-2-3-11(10(13)4-7)19(17,18)14-9-5-8(6-9)12(15)16/h2-4,8-9,14H,5-6H2,1H3,(H,15,16). The van der Waals surface area contributed by atoms with E-state index in [0.717, 1.165) is 5.56 Å². The molecule has 104 valence electrons. The number of rotatable bonds is 4. The number of benzene rings is 1. The van der Waals surface area contributed by atoms with Crippen LogP contribution < -0.4 is 4.72 Å². The predicted octanol–water partition coefficient (Wildman–Crippen LogP) is 1.90. The van der Waals surface area contributed by atoms with Gasteiger partial charge in [0.1, 0.15) is 0 Å². The minimum atomic E-state index is -3.61. The van der Waals surface area contributed by atoms with Crippen molar-refractivity contribution in [3.05, 3.63) is 28.2 Å². The van der Waals surface area contributed by atoms with Gasteiger partial charge in [-0.15, -0.1) is 0 Å². The minimum Gasteiger partial charge on any atom is -0.481 e. The van der Waals surface area contributed by atoms with Gasteiger partial charge in [0.25, 0.3) is 0 Å². The summed E-state index contributed by atoms with van der Waals surface area (Å²) in [4.78, 5) is 10.8. The molecule has 7 heteroatoms. The van der Waals surface area contributed by atoms with E-state index < -0.39 is 21.9 Å². The molecule has 0 heterocycles. The molecular formula is C12H14BrNO4S. The summed E-state index contributed by atoms with van der Waals surface area (Å²) in [6.45, 7) is 1.87. The summed E-state index contributed by atoms with van der Waals surface area (Å²) in [6, 6.07) is 4.70. The van der Waals surface area contributed by atoms with Crippen LogP contribution in [0.25, 0.3) is 0 Å². The normalized spacial score (nSPS) is 22.8. The van der Waals surface area contributed by atoms with E-state index in [0.29, 0.717) is 17.3 Å². The quantitative estimate of drug-likeness (QED) is 0.871. The fraction of sp³-hybridized carbons (Fsp3) is 0.417. The van der Waals surface area contributed by atoms with Crippen molar-refractivity contribution < 1.29 is 18.3 Å². The molecule has 5 nitrogen and oxygen atoms in total. The lowest BCUT2D eigenvalue weighted by Crippen LogP contribution is -2.46. The van der Waals surface area contributed by atoms with Gasteiger partial charge >= 0.3 is 5.97 Å². The van der Waals surface area contributed by atoms with Crippen LogP contribution in [0.3, 0.4) is 0 Å². The van der Waals surface area contributed by atoms with Gasteiger partial charge in [-0.05, 0) is 53.4 Å². The average molecular weight is 348 g/mol. The highest BCUT2D eigenvalue weighted by molar-refractivity contribution is 9.10. The highest BCUT2D eigenvalue weighted by Crippen LogP contribution is 2.30. The van der Waals surface area contributed by atoms with Gasteiger partial charge in [0.15, 0.2) is 0 Å². The third kappa shape index (κ3) is 3.16. The highest BCUT2D eigenvalue weighted by atomic mass is 79.9. The molecule has 0 amide bonds. The molecule has 0 aromatic heterocycles. The Labute approximate surface area is 120 Å². The number of halogens is 1. The highest BCUT2D eigenvalue weighted by Gasteiger charge is 2.37. The number of hydrogen-bond donors (Lipinski definition) is 2. The largest absolute Gasteiger partial charge is 0.481 e. The van der Waals surface area contributed by atoms with E-state index in [4.69, 9.17) is 5.11 Å². The van der Waals surface area contributed by atoms with Crippen LogP contribution in [0, 0.1) is 12.8 Å². The van der Waals surface area contributed by atoms with Crippen LogP contribution in [0.5, 0.6) is 0 Å². The Morgan fingerprint density at radius 3 is 2.58 bits per heavy atom. The van der Waals surface area contributed by atoms with Gasteiger partial charge < -0.3 is 5.11 Å². The Balaban J connectivity index is 2.09. The number of carboxylic acids is 1. The first-order valence-corrected chi connectivity index (χ1v) is 8.08. The molecule has 0 bridgehead atoms. The number of carbonyl (C=O) groups is 1. The van der Waals surface area contributed by atoms with Gasteiger partial charge in [0, 0.05) is 10.5 Å². The number of nitrogens with one attached hydrogen (secondary N) is 1. The molecular weight excluding hydrogens is 334 g/mol. The fourth-order valence-electron chi connectivity index (χ4n) is 2.02. The Morgan fingerprint density at radius 1 is 1.42 bits per heavy atom. The molecule has 0 saturated heterocycles. The van der Waals surface area contributed by atoms with Crippen LogP contribution in [-0.2, 0) is 14.8 Å². The number of aliphatic carboxylic acids is 1. The summed E-state index contributed by atoms with van der Waals surface area (Å²) >= 11 is 3.23. The minimum absolute atomic E-state index is 0.178. The van der Waals surface area contributed by atoms with Gasteiger partial charge in [-0.25, -0.2) is 13.1 Å². The van der Waals surface area contributed by atoms with Crippen molar-refractivity contribution in [1.29, 1.82) is 0 Å². The zero-order valence-electron chi connectivity index (χ0n) is 10.3. The maximum absolute atomic E-state index is 12.2. The van der Waals surface area contributed by atoms with Crippen molar-refractivity contribution in [2.45, 2.75) is 30.7 Å². The van der Waals surface area contributed by atoms with Crippen molar-refractivity contribution in [2.75, 3.05) is 0 Å². The van der Waals surface area contributed by atoms with Crippen LogP contribution in [0.1, 0.15) is 18.4 Å². The van der Waals surface area contributed by atoms with E-state index in [1.807, 2.05) is 6.92 Å². The average Bonchev–Trinajstić information content (AvgIpc) is 2.21. The number of carboxylic acid groups (broad SMARTS) is 1. The summed E-state index contributed by atoms with van der Waals surface area (Å²) in [5, 5.41) is 8.76. The third-order valence-electron chi connectivity index (χ3n) is 3.19. The van der Waals surface area contributed by atoms with Crippen LogP contribution in [0.15, 0.2) is 27.6 Å². The molecule has 19 heavy (non-hydrogen) atoms. The molecule has 1 aliphatic carbocycles. The molecule has 2 N–H and O–H groups in total. The summed E-state index contributed by atoms with van der Waals surface area (Å²) in [7, 11) is -3.61. The van der Waals surface area contributed by atoms with E-state index in [1.54, 1.807) is 12.1 Å². The Hall–Kier alpha value is -0.920. The van der Waals surface area contributed by atoms with E-state index in [9.17, 15) is 13.2 Å². The van der Waals surface area contributed by atoms with Gasteiger partial charge in [0.2, 0.25) is 10.0 Å². The Kier molecular flexibility index (Phi) is 3.98. The second-order valence-electron chi connectivity index (χ2n) is 4.76. The smallest absolute Gasteiger partial charge is 0.306 e. The van der Waals surface area contributed by atoms with E-state index in [1.165, 1.54) is 6.07 Å². The van der Waals surface area contributed by atoms with E-state index >= 15 is 0 Å². The van der Waals surface area contributed by atoms with Gasteiger partial charge in [-0.3, -0.25) is 4.79 Å². The Morgan fingerprint density at radius 2 is 2.05 bits per heavy atom. The van der Waals surface area contributed by atoms with E-state index in [2.05, 4.69) is 20.7 Å². The zero-order valence-corrected chi connectivity index (χ0v) is 12.7. The Bertz CT molecular complexity index is 608. The van der Waals surface area contributed by atoms with E-state index in [-0.39, 0.29) is 10.9 Å². The van der Waals surface area contributed by atoms with Crippen LogP contribution in [-0.4, -0.2) is 25.5 Å². The van der Waals surface area contributed by atoms with Crippen molar-refractivity contribution >= 4 is 31.9 Å². The summed E-state index contributed by atoms with van der Waals surface area (Å²) in [5.74, 6) is -1.30. The molecule has 1 aromatic rings. The van der Waals surface area contributed by atoms with Crippen LogP contribution in [0.2, 0.25) is 0 Å². The number of sulfonamides is 1. The van der Waals surface area contributed by atoms with Crippen molar-refractivity contribution in [1.82, 2.24) is 4.72 Å². The molecule has 0 radical (unpaired) electrons. The third-order valence-corrected chi connectivity index (χ3v) is 5.68. The molecule has 1 saturated carbocycles. The molecule has 0 aliphatic heterocycles. The number of aryl methyl sites for hydroxylation is 1. The van der Waals surface area contributed by atoms with Crippen molar-refractivity contribution in [3.8, 4) is 0 Å². The molecule has 0 unspecified atom stereocenters. The first kappa shape index (κ1) is 14.5. The lowest BCUT2D eigenvalue weighted by atomic mass is 9.81. The maximum atomic E-state index is 12.2. The lowest BCUT2D eigenvalue weighted by molar-refractivity contribution is -0.145. The lowest BCUT2D eigenvalue weighted by Gasteiger charge is -2.32. The first-order valence-electron chi connectivity index (χ1n) is 5.81. The molecule has 1 aliphatic rings. The summed E-state index contributed by atoms with van der Waals surface area (Å²) in [6.07, 6.45) is 0.691. The molecule has 1 fully saturated rings. The second kappa shape index (κ2) is 5.22. The maximum Gasteiger partial charge on any atom is 0.306 e. The monoisotopic (exact) mass is 347 g/mol. The van der Waals surface area contributed by atoms with Crippen LogP contribution >= 0.6 is 15.9 Å². The summed E-state index contributed by atoms with van der Waals surface area (Å²) < 4.78 is 27.4. The molecule has 0 spiro atoms. The topological polar surface area (TPSA) is 83.5 Å². The fourth-order valence-corrected chi connectivity index (χ4v) is 4.48. The molecule has 1 aromatic carbocycles. The zero-order chi connectivity index (χ0) is 14.2. The van der Waals surface area contributed by atoms with Crippen LogP contribution in [0.4, 0.5) is 0 Å². The van der Waals surface area contributed by atoms with Gasteiger partial charge in [0.05, 0.1) is 10.8 Å². The van der Waals surface area contributed by atoms with Crippen molar-refractivity contribution in [3.63, 3.8) is 0 Å². The summed E-state index contributed by atoms with van der Waals surface area (Å²) in [5.41, 5.74) is 0.959. The van der Waals surface area contributed by atoms with Gasteiger partial charge in [-0.2, -0.15) is 0 Å². The molecule has 2 rings (SSSR count). The van der Waals surface area contributed by atoms with Crippen molar-refractivity contribution in [2.24, 2.45) is 5.92 Å². The first-order chi connectivity index (χ1) is 8.79. The SMILES string of the molecule is Cc1ccc(S(=O)(=O)NC2CC(C(=O)O)C2)c(Br)c1. The second-order valence-corrected chi connectivity index (χ2v) is 7.30. The molecule has 0 atom stereocenters. The number of hydrogen-bond acceptors (Lipinski definition) is 3. The predicted molar refractivity (Wildman–Crippen MR) is 73.3 cm³/mol. The van der Waals surface area contributed by atoms with Gasteiger partial charge in [-0.1, -0.05) is 6.07 Å².